The van der Waals surface area contributed by atoms with Gasteiger partial charge >= 0.3 is 0 Å². The molecule has 0 heterocycles. The summed E-state index contributed by atoms with van der Waals surface area (Å²) < 4.78 is 0. The molecule has 4 nitrogen and oxygen atoms in total. The number of phenolic OH excluding ortho intramolecular Hbond substituents is 2. The predicted octanol–water partition coefficient (Wildman–Crippen LogP) is 2.24. The molecule has 0 radical (unpaired) electrons. The highest BCUT2D eigenvalue weighted by Gasteiger charge is 2.16. The van der Waals surface area contributed by atoms with Crippen molar-refractivity contribution in [3.63, 3.8) is 0 Å². The molecule has 0 aliphatic rings. The molecule has 0 fully saturated rings. The second kappa shape index (κ2) is 6.35. The molecule has 1 amide bonds. The zero-order chi connectivity index (χ0) is 12.8. The highest BCUT2D eigenvalue weighted by Crippen LogP contribution is 2.25. The fraction of sp³-hybridized carbons (Fsp3) is 0.417. The standard InChI is InChI=1S/C12H16ClNO3/c1-2-4-8(13)7-14-12(17)11-9(15)5-3-6-10(11)16/h3,5-6,8,15-16H,2,4,7H2,1H3,(H,14,17). The fourth-order valence-corrected chi connectivity index (χ4v) is 1.76. The Balaban J connectivity index is 2.64. The van der Waals surface area contributed by atoms with Gasteiger partial charge in [0.05, 0.1) is 5.38 Å². The first-order chi connectivity index (χ1) is 8.06. The minimum absolute atomic E-state index is 0.118. The van der Waals surface area contributed by atoms with E-state index in [0.29, 0.717) is 6.54 Å². The maximum absolute atomic E-state index is 11.7. The molecule has 0 saturated heterocycles. The number of halogens is 1. The molecule has 0 aromatic heterocycles. The number of aromatic hydroxyl groups is 2. The molecular weight excluding hydrogens is 242 g/mol. The number of amides is 1. The van der Waals surface area contributed by atoms with Gasteiger partial charge in [-0.2, -0.15) is 0 Å². The molecule has 1 aromatic rings. The lowest BCUT2D eigenvalue weighted by Crippen LogP contribution is -2.29. The van der Waals surface area contributed by atoms with E-state index in [4.69, 9.17) is 11.6 Å². The Morgan fingerprint density at radius 2 is 2.00 bits per heavy atom. The van der Waals surface area contributed by atoms with Gasteiger partial charge < -0.3 is 15.5 Å². The van der Waals surface area contributed by atoms with Crippen LogP contribution in [-0.4, -0.2) is 28.0 Å². The van der Waals surface area contributed by atoms with Crippen LogP contribution in [0.1, 0.15) is 30.1 Å². The molecular formula is C12H16ClNO3. The number of carbonyl (C=O) groups is 1. The van der Waals surface area contributed by atoms with Gasteiger partial charge in [0.2, 0.25) is 0 Å². The van der Waals surface area contributed by atoms with Crippen molar-refractivity contribution < 1.29 is 15.0 Å². The summed E-state index contributed by atoms with van der Waals surface area (Å²) in [7, 11) is 0. The summed E-state index contributed by atoms with van der Waals surface area (Å²) in [6.07, 6.45) is 1.74. The number of phenols is 2. The molecule has 0 spiro atoms. The fourth-order valence-electron chi connectivity index (χ4n) is 1.47. The summed E-state index contributed by atoms with van der Waals surface area (Å²) >= 11 is 5.95. The van der Waals surface area contributed by atoms with Crippen molar-refractivity contribution in [2.24, 2.45) is 0 Å². The summed E-state index contributed by atoms with van der Waals surface area (Å²) in [5.41, 5.74) is -0.118. The molecule has 1 unspecified atom stereocenters. The van der Waals surface area contributed by atoms with Crippen LogP contribution in [0.15, 0.2) is 18.2 Å². The van der Waals surface area contributed by atoms with Gasteiger partial charge in [-0.3, -0.25) is 4.79 Å². The topological polar surface area (TPSA) is 69.6 Å². The summed E-state index contributed by atoms with van der Waals surface area (Å²) in [5, 5.41) is 21.4. The number of hydrogen-bond donors (Lipinski definition) is 3. The molecule has 1 aromatic carbocycles. The molecule has 1 rings (SSSR count). The smallest absolute Gasteiger partial charge is 0.258 e. The second-order valence-electron chi connectivity index (χ2n) is 3.77. The van der Waals surface area contributed by atoms with Gasteiger partial charge in [0, 0.05) is 6.54 Å². The summed E-state index contributed by atoms with van der Waals surface area (Å²) in [6.45, 7) is 2.31. The minimum atomic E-state index is -0.526. The van der Waals surface area contributed by atoms with Gasteiger partial charge in [0.25, 0.3) is 5.91 Å². The van der Waals surface area contributed by atoms with Crippen molar-refractivity contribution in [2.45, 2.75) is 25.1 Å². The van der Waals surface area contributed by atoms with Crippen LogP contribution >= 0.6 is 11.6 Å². The first-order valence-corrected chi connectivity index (χ1v) is 5.93. The van der Waals surface area contributed by atoms with Crippen LogP contribution in [0.5, 0.6) is 11.5 Å². The minimum Gasteiger partial charge on any atom is -0.507 e. The average Bonchev–Trinajstić information content (AvgIpc) is 2.26. The van der Waals surface area contributed by atoms with Gasteiger partial charge in [-0.25, -0.2) is 0 Å². The molecule has 5 heteroatoms. The van der Waals surface area contributed by atoms with Crippen molar-refractivity contribution in [2.75, 3.05) is 6.54 Å². The first kappa shape index (κ1) is 13.6. The van der Waals surface area contributed by atoms with Crippen LogP contribution in [0.2, 0.25) is 0 Å². The van der Waals surface area contributed by atoms with E-state index in [0.717, 1.165) is 12.8 Å². The van der Waals surface area contributed by atoms with E-state index in [9.17, 15) is 15.0 Å². The maximum Gasteiger partial charge on any atom is 0.258 e. The lowest BCUT2D eigenvalue weighted by molar-refractivity contribution is 0.0948. The number of rotatable bonds is 5. The Bertz CT molecular complexity index is 375. The second-order valence-corrected chi connectivity index (χ2v) is 4.38. The number of hydrogen-bond acceptors (Lipinski definition) is 3. The monoisotopic (exact) mass is 257 g/mol. The molecule has 0 aliphatic carbocycles. The lowest BCUT2D eigenvalue weighted by Gasteiger charge is -2.11. The van der Waals surface area contributed by atoms with Crippen molar-refractivity contribution in [1.29, 1.82) is 0 Å². The molecule has 17 heavy (non-hydrogen) atoms. The van der Waals surface area contributed by atoms with Crippen molar-refractivity contribution in [3.05, 3.63) is 23.8 Å². The molecule has 3 N–H and O–H groups in total. The Labute approximate surface area is 105 Å². The van der Waals surface area contributed by atoms with Crippen molar-refractivity contribution >= 4 is 17.5 Å². The van der Waals surface area contributed by atoms with Crippen LogP contribution in [0, 0.1) is 0 Å². The van der Waals surface area contributed by atoms with Gasteiger partial charge in [0.15, 0.2) is 0 Å². The van der Waals surface area contributed by atoms with Gasteiger partial charge in [0.1, 0.15) is 17.1 Å². The molecule has 0 saturated carbocycles. The van der Waals surface area contributed by atoms with Crippen LogP contribution in [-0.2, 0) is 0 Å². The van der Waals surface area contributed by atoms with Crippen molar-refractivity contribution in [1.82, 2.24) is 5.32 Å². The van der Waals surface area contributed by atoms with E-state index in [2.05, 4.69) is 5.32 Å². The zero-order valence-electron chi connectivity index (χ0n) is 9.61. The quantitative estimate of drug-likeness (QED) is 0.709. The number of carbonyl (C=O) groups excluding carboxylic acids is 1. The maximum atomic E-state index is 11.7. The molecule has 0 aliphatic heterocycles. The van der Waals surface area contributed by atoms with Crippen LogP contribution in [0.3, 0.4) is 0 Å². The van der Waals surface area contributed by atoms with Gasteiger partial charge in [-0.05, 0) is 18.6 Å². The molecule has 0 bridgehead atoms. The van der Waals surface area contributed by atoms with E-state index in [1.165, 1.54) is 18.2 Å². The largest absolute Gasteiger partial charge is 0.507 e. The lowest BCUT2D eigenvalue weighted by atomic mass is 10.1. The average molecular weight is 258 g/mol. The normalized spacial score (nSPS) is 12.1. The molecule has 94 valence electrons. The van der Waals surface area contributed by atoms with E-state index < -0.39 is 5.91 Å². The van der Waals surface area contributed by atoms with E-state index >= 15 is 0 Å². The third kappa shape index (κ3) is 3.82. The zero-order valence-corrected chi connectivity index (χ0v) is 10.4. The third-order valence-corrected chi connectivity index (χ3v) is 2.71. The number of alkyl halides is 1. The number of nitrogens with one attached hydrogen (secondary N) is 1. The van der Waals surface area contributed by atoms with Gasteiger partial charge in [-0.15, -0.1) is 11.6 Å². The predicted molar refractivity (Wildman–Crippen MR) is 66.7 cm³/mol. The Morgan fingerprint density at radius 1 is 1.41 bits per heavy atom. The van der Waals surface area contributed by atoms with Crippen molar-refractivity contribution in [3.8, 4) is 11.5 Å². The Kier molecular flexibility index (Phi) is 5.10. The number of benzene rings is 1. The van der Waals surface area contributed by atoms with Crippen LogP contribution in [0.25, 0.3) is 0 Å². The van der Waals surface area contributed by atoms with E-state index in [1.807, 2.05) is 6.92 Å². The molecule has 1 atom stereocenters. The Morgan fingerprint density at radius 3 is 2.53 bits per heavy atom. The first-order valence-electron chi connectivity index (χ1n) is 5.49. The Hall–Kier alpha value is -1.42. The van der Waals surface area contributed by atoms with E-state index in [1.54, 1.807) is 0 Å². The summed E-state index contributed by atoms with van der Waals surface area (Å²) in [6, 6.07) is 4.15. The highest BCUT2D eigenvalue weighted by atomic mass is 35.5. The SMILES string of the molecule is CCCC(Cl)CNC(=O)c1c(O)cccc1O. The van der Waals surface area contributed by atoms with Crippen LogP contribution in [0.4, 0.5) is 0 Å². The summed E-state index contributed by atoms with van der Waals surface area (Å²) in [5.74, 6) is -1.02. The van der Waals surface area contributed by atoms with Crippen LogP contribution < -0.4 is 5.32 Å². The third-order valence-electron chi connectivity index (χ3n) is 2.33. The highest BCUT2D eigenvalue weighted by molar-refractivity contribution is 6.21. The van der Waals surface area contributed by atoms with E-state index in [-0.39, 0.29) is 22.4 Å². The summed E-state index contributed by atoms with van der Waals surface area (Å²) in [4.78, 5) is 11.7. The van der Waals surface area contributed by atoms with Gasteiger partial charge in [-0.1, -0.05) is 19.4 Å².